The highest BCUT2D eigenvalue weighted by molar-refractivity contribution is 7.89. The lowest BCUT2D eigenvalue weighted by molar-refractivity contribution is -0.385. The van der Waals surface area contributed by atoms with Crippen molar-refractivity contribution in [3.8, 4) is 0 Å². The fraction of sp³-hybridized carbons (Fsp3) is 0.333. The van der Waals surface area contributed by atoms with Gasteiger partial charge in [0.1, 0.15) is 10.7 Å². The van der Waals surface area contributed by atoms with Crippen molar-refractivity contribution in [2.24, 2.45) is 0 Å². The molecule has 1 rings (SSSR count). The molecule has 1 N–H and O–H groups in total. The average Bonchev–Trinajstić information content (AvgIpc) is 2.27. The topological polar surface area (TPSA) is 89.3 Å². The van der Waals surface area contributed by atoms with Gasteiger partial charge < -0.3 is 0 Å². The average molecular weight is 297 g/mol. The molecule has 0 saturated heterocycles. The van der Waals surface area contributed by atoms with E-state index in [1.54, 1.807) is 0 Å². The number of sulfonamides is 1. The Kier molecular flexibility index (Phi) is 4.60. The highest BCUT2D eigenvalue weighted by Crippen LogP contribution is 2.20. The second-order valence-electron chi connectivity index (χ2n) is 3.55. The van der Waals surface area contributed by atoms with Crippen LogP contribution in [0.3, 0.4) is 0 Å². The van der Waals surface area contributed by atoms with Crippen molar-refractivity contribution in [2.75, 3.05) is 5.88 Å². The number of rotatable bonds is 5. The molecule has 100 valence electrons. The number of hydrogen-bond donors (Lipinski definition) is 1. The number of benzene rings is 1. The highest BCUT2D eigenvalue weighted by Gasteiger charge is 2.23. The third-order valence-electron chi connectivity index (χ3n) is 2.00. The van der Waals surface area contributed by atoms with Crippen molar-refractivity contribution in [2.45, 2.75) is 17.9 Å². The molecule has 0 aromatic heterocycles. The van der Waals surface area contributed by atoms with Crippen LogP contribution in [0.2, 0.25) is 0 Å². The van der Waals surface area contributed by atoms with Crippen molar-refractivity contribution < 1.29 is 17.7 Å². The molecule has 6 nitrogen and oxygen atoms in total. The molecule has 0 aliphatic carbocycles. The molecule has 0 fully saturated rings. The maximum Gasteiger partial charge on any atom is 0.272 e. The summed E-state index contributed by atoms with van der Waals surface area (Å²) < 4.78 is 39.1. The van der Waals surface area contributed by atoms with Crippen LogP contribution >= 0.6 is 11.6 Å². The van der Waals surface area contributed by atoms with E-state index >= 15 is 0 Å². The van der Waals surface area contributed by atoms with E-state index in [1.165, 1.54) is 6.92 Å². The Balaban J connectivity index is 3.14. The molecule has 0 heterocycles. The van der Waals surface area contributed by atoms with Crippen LogP contribution in [0.25, 0.3) is 0 Å². The molecule has 0 radical (unpaired) electrons. The van der Waals surface area contributed by atoms with E-state index in [4.69, 9.17) is 11.6 Å². The Morgan fingerprint density at radius 2 is 2.17 bits per heavy atom. The van der Waals surface area contributed by atoms with E-state index in [0.29, 0.717) is 6.07 Å². The van der Waals surface area contributed by atoms with Crippen molar-refractivity contribution >= 4 is 27.3 Å². The maximum absolute atomic E-state index is 13.5. The van der Waals surface area contributed by atoms with Crippen molar-refractivity contribution in [1.29, 1.82) is 0 Å². The van der Waals surface area contributed by atoms with Crippen molar-refractivity contribution in [3.05, 3.63) is 34.1 Å². The third-order valence-corrected chi connectivity index (χ3v) is 4.09. The van der Waals surface area contributed by atoms with Gasteiger partial charge in [-0.1, -0.05) is 0 Å². The molecule has 0 saturated carbocycles. The lowest BCUT2D eigenvalue weighted by atomic mass is 10.3. The van der Waals surface area contributed by atoms with Gasteiger partial charge >= 0.3 is 0 Å². The van der Waals surface area contributed by atoms with Crippen LogP contribution in [-0.4, -0.2) is 25.3 Å². The summed E-state index contributed by atoms with van der Waals surface area (Å²) in [5.41, 5.74) is -0.517. The molecule has 1 aromatic rings. The number of nitro benzene ring substituents is 1. The molecule has 0 spiro atoms. The fourth-order valence-corrected chi connectivity index (χ4v) is 2.65. The number of hydrogen-bond acceptors (Lipinski definition) is 4. The summed E-state index contributed by atoms with van der Waals surface area (Å²) in [7, 11) is -4.08. The zero-order valence-corrected chi connectivity index (χ0v) is 10.8. The van der Waals surface area contributed by atoms with Crippen LogP contribution in [0.5, 0.6) is 0 Å². The molecular formula is C9H10ClFN2O4S. The lowest BCUT2D eigenvalue weighted by Gasteiger charge is -2.11. The lowest BCUT2D eigenvalue weighted by Crippen LogP contribution is -2.34. The van der Waals surface area contributed by atoms with Crippen molar-refractivity contribution in [3.63, 3.8) is 0 Å². The standard InChI is InChI=1S/C9H10ClFN2O4S/c1-6(5-10)12-18(16,17)9-3-2-7(13(14)15)4-8(9)11/h2-4,6,12H,5H2,1H3. The molecule has 18 heavy (non-hydrogen) atoms. The van der Waals surface area contributed by atoms with Crippen LogP contribution in [0, 0.1) is 15.9 Å². The second-order valence-corrected chi connectivity index (χ2v) is 5.54. The molecule has 0 bridgehead atoms. The molecule has 9 heteroatoms. The first-order chi connectivity index (χ1) is 8.27. The largest absolute Gasteiger partial charge is 0.272 e. The summed E-state index contributed by atoms with van der Waals surface area (Å²) in [5.74, 6) is -1.16. The monoisotopic (exact) mass is 296 g/mol. The van der Waals surface area contributed by atoms with Gasteiger partial charge in [-0.15, -0.1) is 11.6 Å². The van der Waals surface area contributed by atoms with Gasteiger partial charge in [0.25, 0.3) is 5.69 Å². The van der Waals surface area contributed by atoms with E-state index in [1.807, 2.05) is 0 Å². The minimum atomic E-state index is -4.08. The number of alkyl halides is 1. The highest BCUT2D eigenvalue weighted by atomic mass is 35.5. The van der Waals surface area contributed by atoms with E-state index in [0.717, 1.165) is 12.1 Å². The Bertz CT molecular complexity index is 564. The Hall–Kier alpha value is -1.25. The van der Waals surface area contributed by atoms with Gasteiger partial charge in [0.15, 0.2) is 0 Å². The first-order valence-electron chi connectivity index (χ1n) is 4.80. The number of nitro groups is 1. The van der Waals surface area contributed by atoms with E-state index in [-0.39, 0.29) is 5.88 Å². The maximum atomic E-state index is 13.5. The molecule has 0 amide bonds. The summed E-state index contributed by atoms with van der Waals surface area (Å²) in [6, 6.07) is 1.74. The van der Waals surface area contributed by atoms with Gasteiger partial charge in [-0.25, -0.2) is 17.5 Å². The van der Waals surface area contributed by atoms with Gasteiger partial charge in [-0.05, 0) is 13.0 Å². The minimum absolute atomic E-state index is 0.0217. The normalized spacial score (nSPS) is 13.3. The van der Waals surface area contributed by atoms with Gasteiger partial charge in [0, 0.05) is 18.0 Å². The van der Waals surface area contributed by atoms with E-state index in [9.17, 15) is 22.9 Å². The summed E-state index contributed by atoms with van der Waals surface area (Å²) in [5, 5.41) is 10.4. The first kappa shape index (κ1) is 14.8. The smallest absolute Gasteiger partial charge is 0.258 e. The van der Waals surface area contributed by atoms with E-state index in [2.05, 4.69) is 4.72 Å². The van der Waals surface area contributed by atoms with Crippen LogP contribution in [0.1, 0.15) is 6.92 Å². The summed E-state index contributed by atoms with van der Waals surface area (Å²) in [6.07, 6.45) is 0. The Morgan fingerprint density at radius 1 is 1.56 bits per heavy atom. The van der Waals surface area contributed by atoms with Crippen molar-refractivity contribution in [1.82, 2.24) is 4.72 Å². The quantitative estimate of drug-likeness (QED) is 0.508. The molecule has 1 aromatic carbocycles. The predicted molar refractivity (Wildman–Crippen MR) is 63.6 cm³/mol. The zero-order valence-electron chi connectivity index (χ0n) is 9.26. The molecule has 1 atom stereocenters. The minimum Gasteiger partial charge on any atom is -0.258 e. The van der Waals surface area contributed by atoms with Gasteiger partial charge in [-0.3, -0.25) is 10.1 Å². The number of nitrogens with zero attached hydrogens (tertiary/aromatic N) is 1. The number of nitrogens with one attached hydrogen (secondary N) is 1. The second kappa shape index (κ2) is 5.59. The number of non-ortho nitro benzene ring substituents is 1. The Morgan fingerprint density at radius 3 is 2.61 bits per heavy atom. The zero-order chi connectivity index (χ0) is 13.9. The summed E-state index contributed by atoms with van der Waals surface area (Å²) in [4.78, 5) is 8.94. The summed E-state index contributed by atoms with van der Waals surface area (Å²) >= 11 is 5.44. The van der Waals surface area contributed by atoms with Gasteiger partial charge in [0.2, 0.25) is 10.0 Å². The van der Waals surface area contributed by atoms with Crippen LogP contribution in [0.15, 0.2) is 23.1 Å². The molecule has 0 aliphatic rings. The van der Waals surface area contributed by atoms with E-state index < -0.39 is 37.4 Å². The van der Waals surface area contributed by atoms with Crippen LogP contribution in [-0.2, 0) is 10.0 Å². The molecule has 1 unspecified atom stereocenters. The van der Waals surface area contributed by atoms with Crippen LogP contribution < -0.4 is 4.72 Å². The van der Waals surface area contributed by atoms with Gasteiger partial charge in [-0.2, -0.15) is 0 Å². The third kappa shape index (κ3) is 3.37. The number of halogens is 2. The van der Waals surface area contributed by atoms with Crippen LogP contribution in [0.4, 0.5) is 10.1 Å². The Labute approximate surface area is 108 Å². The predicted octanol–water partition coefficient (Wildman–Crippen LogP) is 1.64. The first-order valence-corrected chi connectivity index (χ1v) is 6.82. The SMILES string of the molecule is CC(CCl)NS(=O)(=O)c1ccc([N+](=O)[O-])cc1F. The summed E-state index contributed by atoms with van der Waals surface area (Å²) in [6.45, 7) is 1.51. The molecule has 0 aliphatic heterocycles. The molecular weight excluding hydrogens is 287 g/mol. The fourth-order valence-electron chi connectivity index (χ4n) is 1.18. The van der Waals surface area contributed by atoms with Gasteiger partial charge in [0.05, 0.1) is 11.0 Å².